The Morgan fingerprint density at radius 2 is 1.96 bits per heavy atom. The zero-order chi connectivity index (χ0) is 18.5. The van der Waals surface area contributed by atoms with Crippen LogP contribution in [0.25, 0.3) is 0 Å². The normalized spacial score (nSPS) is 12.7. The van der Waals surface area contributed by atoms with Gasteiger partial charge in [0.15, 0.2) is 11.7 Å². The predicted octanol–water partition coefficient (Wildman–Crippen LogP) is 1.74. The number of aryl methyl sites for hydroxylation is 1. The van der Waals surface area contributed by atoms with Gasteiger partial charge in [-0.15, -0.1) is 0 Å². The summed E-state index contributed by atoms with van der Waals surface area (Å²) in [6.07, 6.45) is 0. The molecule has 0 aromatic heterocycles. The summed E-state index contributed by atoms with van der Waals surface area (Å²) in [5.74, 6) is -0.0922. The Morgan fingerprint density at radius 1 is 1.19 bits per heavy atom. The molecule has 0 spiro atoms. The Labute approximate surface area is 156 Å². The average Bonchev–Trinajstić information content (AvgIpc) is 2.63. The van der Waals surface area contributed by atoms with Crippen molar-refractivity contribution in [3.8, 4) is 5.75 Å². The van der Waals surface area contributed by atoms with Crippen LogP contribution in [0.15, 0.2) is 48.5 Å². The van der Waals surface area contributed by atoms with Crippen LogP contribution in [-0.4, -0.2) is 30.1 Å². The van der Waals surface area contributed by atoms with Crippen molar-refractivity contribution in [1.82, 2.24) is 10.9 Å². The Morgan fingerprint density at radius 3 is 2.73 bits per heavy atom. The number of amides is 2. The van der Waals surface area contributed by atoms with Gasteiger partial charge in [0.1, 0.15) is 12.3 Å². The number of hydrazine groups is 1. The van der Waals surface area contributed by atoms with Crippen molar-refractivity contribution in [2.75, 3.05) is 23.4 Å². The number of para-hydroxylation sites is 1. The summed E-state index contributed by atoms with van der Waals surface area (Å²) in [5.41, 5.74) is 7.46. The standard InChI is InChI=1S/C18H18N4O3S/c1-12-7-8-15-14(9-12)22(17(24)11-25-15)10-16(23)20-21-18(26)19-13-5-3-2-4-6-13/h2-9H,10-11H2,1H3,(H,20,23)(H2,19,21,26). The summed E-state index contributed by atoms with van der Waals surface area (Å²) >= 11 is 5.12. The highest BCUT2D eigenvalue weighted by atomic mass is 32.1. The lowest BCUT2D eigenvalue weighted by Crippen LogP contribution is -2.50. The van der Waals surface area contributed by atoms with Gasteiger partial charge in [-0.3, -0.25) is 25.3 Å². The van der Waals surface area contributed by atoms with Crippen LogP contribution in [0.3, 0.4) is 0 Å². The van der Waals surface area contributed by atoms with Crippen LogP contribution in [0.2, 0.25) is 0 Å². The van der Waals surface area contributed by atoms with Crippen LogP contribution in [0.5, 0.6) is 5.75 Å². The molecule has 0 bridgehead atoms. The molecule has 0 unspecified atom stereocenters. The number of hydrogen-bond donors (Lipinski definition) is 3. The third-order valence-corrected chi connectivity index (χ3v) is 3.91. The number of carbonyl (C=O) groups excluding carboxylic acids is 2. The number of carbonyl (C=O) groups is 2. The van der Waals surface area contributed by atoms with E-state index in [1.54, 1.807) is 6.07 Å². The molecule has 2 aromatic carbocycles. The number of hydrogen-bond acceptors (Lipinski definition) is 4. The zero-order valence-corrected chi connectivity index (χ0v) is 14.9. The highest BCUT2D eigenvalue weighted by molar-refractivity contribution is 7.80. The number of fused-ring (bicyclic) bond motifs is 1. The number of thiocarbonyl (C=S) groups is 1. The monoisotopic (exact) mass is 370 g/mol. The first kappa shape index (κ1) is 17.7. The molecule has 0 radical (unpaired) electrons. The molecule has 0 saturated heterocycles. The molecule has 0 saturated carbocycles. The lowest BCUT2D eigenvalue weighted by atomic mass is 10.1. The molecule has 1 aliphatic rings. The minimum atomic E-state index is -0.398. The Hall–Kier alpha value is -3.13. The van der Waals surface area contributed by atoms with Gasteiger partial charge >= 0.3 is 0 Å². The fraction of sp³-hybridized carbons (Fsp3) is 0.167. The van der Waals surface area contributed by atoms with E-state index in [1.807, 2.05) is 49.4 Å². The van der Waals surface area contributed by atoms with Gasteiger partial charge in [0.25, 0.3) is 11.8 Å². The van der Waals surface area contributed by atoms with Gasteiger partial charge in [-0.1, -0.05) is 24.3 Å². The number of nitrogens with one attached hydrogen (secondary N) is 3. The molecular weight excluding hydrogens is 352 g/mol. The summed E-state index contributed by atoms with van der Waals surface area (Å²) in [5, 5.41) is 3.18. The van der Waals surface area contributed by atoms with Crippen molar-refractivity contribution in [2.24, 2.45) is 0 Å². The average molecular weight is 370 g/mol. The van der Waals surface area contributed by atoms with E-state index in [9.17, 15) is 9.59 Å². The largest absolute Gasteiger partial charge is 0.482 e. The van der Waals surface area contributed by atoms with Crippen molar-refractivity contribution in [3.05, 3.63) is 54.1 Å². The number of benzene rings is 2. The van der Waals surface area contributed by atoms with E-state index in [-0.39, 0.29) is 24.2 Å². The van der Waals surface area contributed by atoms with E-state index < -0.39 is 5.91 Å². The molecule has 3 rings (SSSR count). The maximum atomic E-state index is 12.2. The van der Waals surface area contributed by atoms with Gasteiger partial charge in [-0.05, 0) is 49.0 Å². The quantitative estimate of drug-likeness (QED) is 0.564. The second-order valence-corrected chi connectivity index (χ2v) is 6.14. The van der Waals surface area contributed by atoms with Crippen LogP contribution < -0.4 is 25.8 Å². The van der Waals surface area contributed by atoms with E-state index >= 15 is 0 Å². The fourth-order valence-electron chi connectivity index (χ4n) is 2.48. The highest BCUT2D eigenvalue weighted by Gasteiger charge is 2.27. The summed E-state index contributed by atoms with van der Waals surface area (Å²) in [4.78, 5) is 25.8. The Balaban J connectivity index is 1.57. The van der Waals surface area contributed by atoms with E-state index in [1.165, 1.54) is 4.90 Å². The molecule has 0 aliphatic carbocycles. The van der Waals surface area contributed by atoms with Crippen molar-refractivity contribution in [3.63, 3.8) is 0 Å². The van der Waals surface area contributed by atoms with Crippen LogP contribution in [0.1, 0.15) is 5.56 Å². The number of anilines is 2. The lowest BCUT2D eigenvalue weighted by molar-refractivity contribution is -0.125. The van der Waals surface area contributed by atoms with E-state index in [2.05, 4.69) is 16.2 Å². The third-order valence-electron chi connectivity index (χ3n) is 3.71. The third kappa shape index (κ3) is 4.28. The highest BCUT2D eigenvalue weighted by Crippen LogP contribution is 2.32. The summed E-state index contributed by atoms with van der Waals surface area (Å²) in [6.45, 7) is 1.68. The van der Waals surface area contributed by atoms with Gasteiger partial charge in [0, 0.05) is 5.69 Å². The van der Waals surface area contributed by atoms with Crippen molar-refractivity contribution in [1.29, 1.82) is 0 Å². The number of nitrogens with zero attached hydrogens (tertiary/aromatic N) is 1. The topological polar surface area (TPSA) is 82.7 Å². The van der Waals surface area contributed by atoms with Crippen LogP contribution in [0.4, 0.5) is 11.4 Å². The smallest absolute Gasteiger partial charge is 0.265 e. The Kier molecular flexibility index (Phi) is 5.33. The van der Waals surface area contributed by atoms with E-state index in [4.69, 9.17) is 17.0 Å². The van der Waals surface area contributed by atoms with E-state index in [0.717, 1.165) is 11.3 Å². The number of ether oxygens (including phenoxy) is 1. The first-order valence-corrected chi connectivity index (χ1v) is 8.38. The van der Waals surface area contributed by atoms with Crippen molar-refractivity contribution >= 4 is 40.5 Å². The zero-order valence-electron chi connectivity index (χ0n) is 14.1. The van der Waals surface area contributed by atoms with Gasteiger partial charge in [0.2, 0.25) is 0 Å². The molecule has 26 heavy (non-hydrogen) atoms. The Bertz CT molecular complexity index is 842. The molecule has 3 N–H and O–H groups in total. The molecule has 2 aromatic rings. The van der Waals surface area contributed by atoms with Crippen molar-refractivity contribution in [2.45, 2.75) is 6.92 Å². The maximum Gasteiger partial charge on any atom is 0.265 e. The van der Waals surface area contributed by atoms with Crippen LogP contribution in [0, 0.1) is 6.92 Å². The molecule has 0 fully saturated rings. The molecular formula is C18H18N4O3S. The van der Waals surface area contributed by atoms with Gasteiger partial charge in [-0.2, -0.15) is 0 Å². The second-order valence-electron chi connectivity index (χ2n) is 5.73. The summed E-state index contributed by atoms with van der Waals surface area (Å²) in [7, 11) is 0. The van der Waals surface area contributed by atoms with Crippen LogP contribution >= 0.6 is 12.2 Å². The minimum Gasteiger partial charge on any atom is -0.482 e. The van der Waals surface area contributed by atoms with Crippen LogP contribution in [-0.2, 0) is 9.59 Å². The summed E-state index contributed by atoms with van der Waals surface area (Å²) in [6, 6.07) is 14.8. The minimum absolute atomic E-state index is 0.0925. The van der Waals surface area contributed by atoms with Gasteiger partial charge < -0.3 is 10.1 Å². The molecule has 7 nitrogen and oxygen atoms in total. The summed E-state index contributed by atoms with van der Waals surface area (Å²) < 4.78 is 5.40. The first-order chi connectivity index (χ1) is 12.5. The first-order valence-electron chi connectivity index (χ1n) is 7.97. The molecule has 8 heteroatoms. The SMILES string of the molecule is Cc1ccc2c(c1)N(CC(=O)NNC(=S)Nc1ccccc1)C(=O)CO2. The van der Waals surface area contributed by atoms with Crippen molar-refractivity contribution < 1.29 is 14.3 Å². The molecule has 1 heterocycles. The van der Waals surface area contributed by atoms with Gasteiger partial charge in [-0.25, -0.2) is 0 Å². The fourth-order valence-corrected chi connectivity index (χ4v) is 2.65. The second kappa shape index (κ2) is 7.83. The molecule has 134 valence electrons. The lowest BCUT2D eigenvalue weighted by Gasteiger charge is -2.29. The molecule has 0 atom stereocenters. The number of rotatable bonds is 3. The molecule has 2 amide bonds. The maximum absolute atomic E-state index is 12.2. The molecule has 1 aliphatic heterocycles. The van der Waals surface area contributed by atoms with Gasteiger partial charge in [0.05, 0.1) is 5.69 Å². The van der Waals surface area contributed by atoms with E-state index in [0.29, 0.717) is 11.4 Å². The predicted molar refractivity (Wildman–Crippen MR) is 103 cm³/mol.